The fourth-order valence-corrected chi connectivity index (χ4v) is 3.75. The monoisotopic (exact) mass is 394 g/mol. The Morgan fingerprint density at radius 1 is 1.30 bits per heavy atom. The zero-order valence-electron chi connectivity index (χ0n) is 17.8. The van der Waals surface area contributed by atoms with Gasteiger partial charge in [0.25, 0.3) is 0 Å². The number of carboxylic acids is 1. The van der Waals surface area contributed by atoms with Gasteiger partial charge in [-0.05, 0) is 39.2 Å². The van der Waals surface area contributed by atoms with Gasteiger partial charge in [-0.2, -0.15) is 0 Å². The van der Waals surface area contributed by atoms with Gasteiger partial charge in [-0.1, -0.05) is 58.3 Å². The van der Waals surface area contributed by atoms with Gasteiger partial charge in [0.1, 0.15) is 0 Å². The molecule has 0 aliphatic heterocycles. The fourth-order valence-electron chi connectivity index (χ4n) is 2.86. The van der Waals surface area contributed by atoms with Crippen LogP contribution >= 0.6 is 11.3 Å². The molecule has 1 aromatic heterocycles. The lowest BCUT2D eigenvalue weighted by atomic mass is 10.2. The largest absolute Gasteiger partial charge is 0.481 e. The molecule has 1 heterocycles. The molecule has 0 saturated heterocycles. The molecule has 0 bridgehead atoms. The Balaban J connectivity index is 0.000000722. The highest BCUT2D eigenvalue weighted by molar-refractivity contribution is 7.13. The van der Waals surface area contributed by atoms with Crippen molar-refractivity contribution in [1.29, 1.82) is 0 Å². The molecular weight excluding hydrogens is 356 g/mol. The predicted molar refractivity (Wildman–Crippen MR) is 120 cm³/mol. The van der Waals surface area contributed by atoms with Crippen LogP contribution < -0.4 is 4.90 Å². The highest BCUT2D eigenvalue weighted by Crippen LogP contribution is 2.30. The molecule has 154 valence electrons. The average Bonchev–Trinajstić information content (AvgIpc) is 3.35. The van der Waals surface area contributed by atoms with Crippen molar-refractivity contribution < 1.29 is 9.90 Å². The van der Waals surface area contributed by atoms with E-state index in [0.717, 1.165) is 23.7 Å². The number of thiazole rings is 1. The third kappa shape index (κ3) is 11.0. The van der Waals surface area contributed by atoms with Crippen molar-refractivity contribution in [2.45, 2.75) is 85.6 Å². The third-order valence-corrected chi connectivity index (χ3v) is 5.01. The van der Waals surface area contributed by atoms with Gasteiger partial charge in [0.2, 0.25) is 0 Å². The third-order valence-electron chi connectivity index (χ3n) is 4.12. The average molecular weight is 395 g/mol. The predicted octanol–water partition coefficient (Wildman–Crippen LogP) is 6.79. The van der Waals surface area contributed by atoms with Crippen molar-refractivity contribution in [1.82, 2.24) is 4.98 Å². The molecule has 1 saturated carbocycles. The minimum atomic E-state index is -0.742. The first-order valence-electron chi connectivity index (χ1n) is 10.3. The highest BCUT2D eigenvalue weighted by Gasteiger charge is 2.25. The molecule has 5 heteroatoms. The van der Waals surface area contributed by atoms with Gasteiger partial charge in [0.05, 0.1) is 12.1 Å². The number of allylic oxidation sites excluding steroid dienone is 3. The summed E-state index contributed by atoms with van der Waals surface area (Å²) in [6.07, 6.45) is 15.7. The Kier molecular flexibility index (Phi) is 15.6. The molecule has 4 nitrogen and oxygen atoms in total. The Bertz CT molecular complexity index is 546. The van der Waals surface area contributed by atoms with Crippen molar-refractivity contribution >= 4 is 28.5 Å². The lowest BCUT2D eigenvalue weighted by molar-refractivity contribution is -0.136. The number of carboxylic acid groups (broad SMARTS) is 1. The van der Waals surface area contributed by atoms with Crippen molar-refractivity contribution in [3.05, 3.63) is 29.3 Å². The maximum Gasteiger partial charge on any atom is 0.305 e. The van der Waals surface area contributed by atoms with Crippen LogP contribution in [0.15, 0.2) is 23.6 Å². The smallest absolute Gasteiger partial charge is 0.305 e. The van der Waals surface area contributed by atoms with Crippen LogP contribution in [0.4, 0.5) is 5.13 Å². The molecule has 1 aliphatic rings. The molecule has 1 aromatic rings. The summed E-state index contributed by atoms with van der Waals surface area (Å²) < 4.78 is 0. The summed E-state index contributed by atoms with van der Waals surface area (Å²) in [7, 11) is 0. The van der Waals surface area contributed by atoms with E-state index in [1.54, 1.807) is 11.3 Å². The maximum atomic E-state index is 10.8. The van der Waals surface area contributed by atoms with Crippen LogP contribution in [-0.4, -0.2) is 28.6 Å². The number of carbonyl (C=O) groups is 1. The number of unbranched alkanes of at least 4 members (excludes halogenated alkanes) is 1. The molecule has 0 radical (unpaired) electrons. The SMILES string of the molecule is C/C=C/c1csc(N(CCC(=O)O)C2CCCC2)n1.C/C=C\CCC.CC. The van der Waals surface area contributed by atoms with Crippen molar-refractivity contribution in [2.75, 3.05) is 11.4 Å². The number of rotatable bonds is 8. The first-order chi connectivity index (χ1) is 13.1. The second-order valence-corrected chi connectivity index (χ2v) is 7.02. The molecule has 0 spiro atoms. The molecule has 0 aromatic carbocycles. The van der Waals surface area contributed by atoms with Gasteiger partial charge < -0.3 is 10.0 Å². The van der Waals surface area contributed by atoms with Crippen LogP contribution in [0.3, 0.4) is 0 Å². The molecule has 0 unspecified atom stereocenters. The maximum absolute atomic E-state index is 10.8. The van der Waals surface area contributed by atoms with E-state index >= 15 is 0 Å². The van der Waals surface area contributed by atoms with E-state index in [9.17, 15) is 4.79 Å². The highest BCUT2D eigenvalue weighted by atomic mass is 32.1. The molecule has 1 N–H and O–H groups in total. The van der Waals surface area contributed by atoms with Crippen LogP contribution in [0.1, 0.15) is 85.3 Å². The normalized spacial score (nSPS) is 14.0. The number of hydrogen-bond acceptors (Lipinski definition) is 4. The van der Waals surface area contributed by atoms with E-state index in [-0.39, 0.29) is 6.42 Å². The van der Waals surface area contributed by atoms with Crippen LogP contribution in [0.25, 0.3) is 6.08 Å². The quantitative estimate of drug-likeness (QED) is 0.493. The van der Waals surface area contributed by atoms with E-state index < -0.39 is 5.97 Å². The summed E-state index contributed by atoms with van der Waals surface area (Å²) in [6.45, 7) is 10.8. The number of hydrogen-bond donors (Lipinski definition) is 1. The minimum absolute atomic E-state index is 0.176. The Hall–Kier alpha value is -1.62. The minimum Gasteiger partial charge on any atom is -0.481 e. The van der Waals surface area contributed by atoms with E-state index in [1.807, 2.05) is 38.3 Å². The van der Waals surface area contributed by atoms with E-state index in [2.05, 4.69) is 35.9 Å². The molecular formula is C22H38N2O2S. The number of aliphatic carboxylic acids is 1. The van der Waals surface area contributed by atoms with Gasteiger partial charge in [-0.3, -0.25) is 4.79 Å². The van der Waals surface area contributed by atoms with Crippen molar-refractivity contribution in [3.8, 4) is 0 Å². The number of nitrogens with zero attached hydrogens (tertiary/aromatic N) is 2. The summed E-state index contributed by atoms with van der Waals surface area (Å²) in [5, 5.41) is 11.9. The van der Waals surface area contributed by atoms with Crippen LogP contribution in [0.5, 0.6) is 0 Å². The fraction of sp³-hybridized carbons (Fsp3) is 0.636. The van der Waals surface area contributed by atoms with E-state index in [1.165, 1.54) is 25.7 Å². The number of aromatic nitrogens is 1. The summed E-state index contributed by atoms with van der Waals surface area (Å²) in [5.74, 6) is -0.742. The van der Waals surface area contributed by atoms with Crippen molar-refractivity contribution in [3.63, 3.8) is 0 Å². The van der Waals surface area contributed by atoms with Gasteiger partial charge in [-0.25, -0.2) is 4.98 Å². The van der Waals surface area contributed by atoms with Gasteiger partial charge in [0, 0.05) is 18.0 Å². The topological polar surface area (TPSA) is 53.4 Å². The number of anilines is 1. The summed E-state index contributed by atoms with van der Waals surface area (Å²) in [4.78, 5) is 17.6. The summed E-state index contributed by atoms with van der Waals surface area (Å²) in [5.41, 5.74) is 0.959. The molecule has 0 atom stereocenters. The second kappa shape index (κ2) is 16.5. The van der Waals surface area contributed by atoms with E-state index in [0.29, 0.717) is 12.6 Å². The van der Waals surface area contributed by atoms with Gasteiger partial charge in [-0.15, -0.1) is 11.3 Å². The van der Waals surface area contributed by atoms with Crippen LogP contribution in [-0.2, 0) is 4.79 Å². The second-order valence-electron chi connectivity index (χ2n) is 6.19. The molecule has 27 heavy (non-hydrogen) atoms. The zero-order valence-corrected chi connectivity index (χ0v) is 18.6. The van der Waals surface area contributed by atoms with Gasteiger partial charge >= 0.3 is 5.97 Å². The Morgan fingerprint density at radius 3 is 2.44 bits per heavy atom. The zero-order chi connectivity index (χ0) is 20.5. The summed E-state index contributed by atoms with van der Waals surface area (Å²) in [6, 6.07) is 0.462. The molecule has 1 fully saturated rings. The first kappa shape index (κ1) is 25.4. The van der Waals surface area contributed by atoms with E-state index in [4.69, 9.17) is 5.11 Å². The van der Waals surface area contributed by atoms with Crippen molar-refractivity contribution in [2.24, 2.45) is 0 Å². The lowest BCUT2D eigenvalue weighted by Crippen LogP contribution is -2.35. The lowest BCUT2D eigenvalue weighted by Gasteiger charge is -2.27. The summed E-state index contributed by atoms with van der Waals surface area (Å²) >= 11 is 1.61. The molecule has 2 rings (SSSR count). The Labute approximate surface area is 170 Å². The van der Waals surface area contributed by atoms with Crippen LogP contribution in [0.2, 0.25) is 0 Å². The molecule has 0 amide bonds. The first-order valence-corrected chi connectivity index (χ1v) is 11.2. The Morgan fingerprint density at radius 2 is 1.96 bits per heavy atom. The van der Waals surface area contributed by atoms with Gasteiger partial charge in [0.15, 0.2) is 5.13 Å². The van der Waals surface area contributed by atoms with Crippen LogP contribution in [0, 0.1) is 0 Å². The standard InChI is InChI=1S/C14H20N2O2S.C6H12.C2H6/c1-2-5-11-10-19-14(15-11)16(9-8-13(17)18)12-6-3-4-7-12;1-3-5-6-4-2;1-2/h2,5,10,12H,3-4,6-9H2,1H3,(H,17,18);3,5H,4,6H2,1-2H3;1-2H3/b5-2+;5-3-;. The molecule has 1 aliphatic carbocycles.